The first kappa shape index (κ1) is 22.2. The Balaban J connectivity index is 1.16. The second-order valence-electron chi connectivity index (χ2n) is 8.52. The number of carbonyl (C=O) groups excluding carboxylic acids is 2. The first-order valence-corrected chi connectivity index (χ1v) is 12.8. The summed E-state index contributed by atoms with van der Waals surface area (Å²) in [6.45, 7) is 3.97. The number of rotatable bonds is 6. The molecule has 4 heterocycles. The van der Waals surface area contributed by atoms with Crippen molar-refractivity contribution in [3.8, 4) is 0 Å². The molecule has 0 aromatic carbocycles. The molecule has 0 unspecified atom stereocenters. The van der Waals surface area contributed by atoms with Gasteiger partial charge in [-0.15, -0.1) is 22.7 Å². The number of anilines is 1. The van der Waals surface area contributed by atoms with Crippen LogP contribution in [0, 0.1) is 0 Å². The molecule has 33 heavy (non-hydrogen) atoms. The van der Waals surface area contributed by atoms with Crippen LogP contribution in [0.4, 0.5) is 5.00 Å². The molecular weight excluding hydrogens is 460 g/mol. The Morgan fingerprint density at radius 2 is 1.88 bits per heavy atom. The molecule has 5 rings (SSSR count). The molecule has 11 heteroatoms. The summed E-state index contributed by atoms with van der Waals surface area (Å²) in [5.41, 5.74) is 7.87. The van der Waals surface area contributed by atoms with E-state index in [9.17, 15) is 14.4 Å². The fraction of sp³-hybridized carbons (Fsp3) is 0.455. The lowest BCUT2D eigenvalue weighted by Crippen LogP contribution is -2.48. The van der Waals surface area contributed by atoms with Gasteiger partial charge in [-0.25, -0.2) is 4.98 Å². The molecule has 3 aromatic heterocycles. The predicted molar refractivity (Wildman–Crippen MR) is 129 cm³/mol. The van der Waals surface area contributed by atoms with E-state index in [4.69, 9.17) is 5.73 Å². The van der Waals surface area contributed by atoms with Crippen molar-refractivity contribution in [1.29, 1.82) is 0 Å². The third-order valence-electron chi connectivity index (χ3n) is 6.24. The van der Waals surface area contributed by atoms with Crippen molar-refractivity contribution in [2.45, 2.75) is 32.2 Å². The second-order valence-corrected chi connectivity index (χ2v) is 10.5. The van der Waals surface area contributed by atoms with Crippen molar-refractivity contribution < 1.29 is 9.59 Å². The van der Waals surface area contributed by atoms with Gasteiger partial charge in [0.15, 0.2) is 4.96 Å². The van der Waals surface area contributed by atoms with Crippen molar-refractivity contribution >= 4 is 44.4 Å². The van der Waals surface area contributed by atoms with Crippen molar-refractivity contribution in [1.82, 2.24) is 19.2 Å². The maximum atomic E-state index is 12.7. The van der Waals surface area contributed by atoms with E-state index in [1.165, 1.54) is 27.6 Å². The number of thiophene rings is 1. The normalized spacial score (nSPS) is 17.2. The van der Waals surface area contributed by atoms with Crippen LogP contribution in [0.15, 0.2) is 22.4 Å². The topological polar surface area (TPSA) is 113 Å². The van der Waals surface area contributed by atoms with E-state index in [2.05, 4.69) is 20.1 Å². The molecule has 1 aliphatic heterocycles. The molecule has 0 atom stereocenters. The third kappa shape index (κ3) is 4.72. The summed E-state index contributed by atoms with van der Waals surface area (Å²) in [6.07, 6.45) is 5.69. The molecule has 1 saturated heterocycles. The number of fused-ring (bicyclic) bond motifs is 2. The summed E-state index contributed by atoms with van der Waals surface area (Å²) in [7, 11) is 0. The number of piperazine rings is 1. The van der Waals surface area contributed by atoms with Gasteiger partial charge in [-0.3, -0.25) is 28.6 Å². The summed E-state index contributed by atoms with van der Waals surface area (Å²) in [5, 5.41) is 5.40. The minimum atomic E-state index is -0.465. The molecule has 0 bridgehead atoms. The highest BCUT2D eigenvalue weighted by Gasteiger charge is 2.26. The molecule has 1 aliphatic carbocycles. The largest absolute Gasteiger partial charge is 0.365 e. The summed E-state index contributed by atoms with van der Waals surface area (Å²) in [5.74, 6) is -0.588. The highest BCUT2D eigenvalue weighted by molar-refractivity contribution is 7.17. The summed E-state index contributed by atoms with van der Waals surface area (Å²) < 4.78 is 1.55. The molecular formula is C22H26N6O3S2. The summed E-state index contributed by atoms with van der Waals surface area (Å²) >= 11 is 2.94. The fourth-order valence-corrected chi connectivity index (χ4v) is 6.64. The smallest absolute Gasteiger partial charge is 0.258 e. The fourth-order valence-electron chi connectivity index (χ4n) is 4.59. The van der Waals surface area contributed by atoms with E-state index in [0.29, 0.717) is 22.1 Å². The number of primary amides is 1. The van der Waals surface area contributed by atoms with Gasteiger partial charge in [0.2, 0.25) is 5.91 Å². The lowest BCUT2D eigenvalue weighted by atomic mass is 9.95. The second kappa shape index (κ2) is 9.34. The lowest BCUT2D eigenvalue weighted by Gasteiger charge is -2.34. The standard InChI is InChI=1S/C22H26N6O3S2/c23-20(31)19-15-3-1-2-4-16(15)33-21(19)25-17(29)13-27-7-5-26(6-8-27)12-14-11-18(30)28-9-10-32-22(28)24-14/h9-11H,1-8,12-13H2,(H2,23,31)(H,25,29). The molecule has 2 aliphatic rings. The lowest BCUT2D eigenvalue weighted by molar-refractivity contribution is -0.117. The van der Waals surface area contributed by atoms with Crippen LogP contribution in [-0.2, 0) is 24.2 Å². The van der Waals surface area contributed by atoms with Gasteiger partial charge in [-0.2, -0.15) is 0 Å². The maximum absolute atomic E-state index is 12.7. The van der Waals surface area contributed by atoms with Crippen LogP contribution >= 0.6 is 22.7 Å². The number of aromatic nitrogens is 2. The van der Waals surface area contributed by atoms with E-state index in [1.54, 1.807) is 16.7 Å². The van der Waals surface area contributed by atoms with Crippen LogP contribution in [0.3, 0.4) is 0 Å². The zero-order valence-electron chi connectivity index (χ0n) is 18.2. The Labute approximate surface area is 198 Å². The van der Waals surface area contributed by atoms with E-state index in [1.807, 2.05) is 5.38 Å². The molecule has 3 aromatic rings. The minimum Gasteiger partial charge on any atom is -0.365 e. The maximum Gasteiger partial charge on any atom is 0.258 e. The highest BCUT2D eigenvalue weighted by atomic mass is 32.1. The Hall–Kier alpha value is -2.60. The molecule has 0 saturated carbocycles. The highest BCUT2D eigenvalue weighted by Crippen LogP contribution is 2.37. The van der Waals surface area contributed by atoms with Crippen molar-refractivity contribution in [3.63, 3.8) is 0 Å². The summed E-state index contributed by atoms with van der Waals surface area (Å²) in [6, 6.07) is 1.59. The van der Waals surface area contributed by atoms with Gasteiger partial charge in [0.1, 0.15) is 5.00 Å². The Morgan fingerprint density at radius 1 is 1.12 bits per heavy atom. The van der Waals surface area contributed by atoms with E-state index >= 15 is 0 Å². The number of thiazole rings is 1. The third-order valence-corrected chi connectivity index (χ3v) is 8.21. The number of aryl methyl sites for hydroxylation is 1. The number of nitrogens with two attached hydrogens (primary N) is 1. The van der Waals surface area contributed by atoms with E-state index in [-0.39, 0.29) is 18.0 Å². The first-order chi connectivity index (χ1) is 16.0. The van der Waals surface area contributed by atoms with Gasteiger partial charge >= 0.3 is 0 Å². The monoisotopic (exact) mass is 486 g/mol. The zero-order valence-corrected chi connectivity index (χ0v) is 19.8. The van der Waals surface area contributed by atoms with Gasteiger partial charge in [-0.1, -0.05) is 0 Å². The van der Waals surface area contributed by atoms with Crippen LogP contribution in [0.5, 0.6) is 0 Å². The van der Waals surface area contributed by atoms with Gasteiger partial charge in [0.25, 0.3) is 11.5 Å². The molecule has 0 radical (unpaired) electrons. The van der Waals surface area contributed by atoms with E-state index < -0.39 is 5.91 Å². The zero-order chi connectivity index (χ0) is 22.9. The van der Waals surface area contributed by atoms with Crippen LogP contribution in [0.1, 0.15) is 39.3 Å². The number of carbonyl (C=O) groups is 2. The van der Waals surface area contributed by atoms with Gasteiger partial charge in [0.05, 0.1) is 17.8 Å². The minimum absolute atomic E-state index is 0.0582. The van der Waals surface area contributed by atoms with Gasteiger partial charge in [0, 0.05) is 55.2 Å². The number of nitrogens with zero attached hydrogens (tertiary/aromatic N) is 4. The Morgan fingerprint density at radius 3 is 2.67 bits per heavy atom. The van der Waals surface area contributed by atoms with Crippen LogP contribution in [-0.4, -0.2) is 63.7 Å². The van der Waals surface area contributed by atoms with Crippen LogP contribution in [0.2, 0.25) is 0 Å². The van der Waals surface area contributed by atoms with Crippen LogP contribution < -0.4 is 16.6 Å². The van der Waals surface area contributed by atoms with Crippen LogP contribution in [0.25, 0.3) is 4.96 Å². The van der Waals surface area contributed by atoms with Crippen molar-refractivity contribution in [2.24, 2.45) is 5.73 Å². The first-order valence-electron chi connectivity index (χ1n) is 11.1. The summed E-state index contributed by atoms with van der Waals surface area (Å²) in [4.78, 5) is 47.7. The van der Waals surface area contributed by atoms with Gasteiger partial charge in [-0.05, 0) is 31.2 Å². The van der Waals surface area contributed by atoms with Gasteiger partial charge < -0.3 is 11.1 Å². The number of nitrogens with one attached hydrogen (secondary N) is 1. The molecule has 0 spiro atoms. The number of hydrogen-bond acceptors (Lipinski definition) is 8. The van der Waals surface area contributed by atoms with E-state index in [0.717, 1.165) is 63.1 Å². The predicted octanol–water partition coefficient (Wildman–Crippen LogP) is 1.55. The Bertz CT molecular complexity index is 1250. The average molecular weight is 487 g/mol. The molecule has 3 N–H and O–H groups in total. The molecule has 174 valence electrons. The molecule has 2 amide bonds. The number of hydrogen-bond donors (Lipinski definition) is 2. The number of amides is 2. The Kier molecular flexibility index (Phi) is 6.28. The quantitative estimate of drug-likeness (QED) is 0.547. The molecule has 9 nitrogen and oxygen atoms in total. The molecule has 1 fully saturated rings. The van der Waals surface area contributed by atoms with Crippen molar-refractivity contribution in [2.75, 3.05) is 38.0 Å². The van der Waals surface area contributed by atoms with Crippen molar-refractivity contribution in [3.05, 3.63) is 49.7 Å². The SMILES string of the molecule is NC(=O)c1c(NC(=O)CN2CCN(Cc3cc(=O)n4ccsc4n3)CC2)sc2c1CCCC2. The average Bonchev–Trinajstić information content (AvgIpc) is 3.39.